The number of hydrogen-bond donors (Lipinski definition) is 0. The minimum Gasteiger partial charge on any atom is -0.122 e. The topological polar surface area (TPSA) is 6.48 Å². The molecule has 0 aliphatic heterocycles. The first-order valence-corrected chi connectivity index (χ1v) is 3.94. The van der Waals surface area contributed by atoms with E-state index in [4.69, 9.17) is 0 Å². The molecule has 0 heterocycles. The second-order valence-corrected chi connectivity index (χ2v) is 4.41. The maximum Gasteiger partial charge on any atom is 0.272 e. The molecule has 0 saturated carbocycles. The van der Waals surface area contributed by atoms with Crippen LogP contribution in [-0.4, -0.2) is 43.8 Å². The monoisotopic (exact) mass is 133 g/mol. The zero-order valence-corrected chi connectivity index (χ0v) is 6.94. The van der Waals surface area contributed by atoms with E-state index >= 15 is 0 Å². The van der Waals surface area contributed by atoms with Gasteiger partial charge in [-0.05, 0) is 0 Å². The Morgan fingerprint density at radius 3 is 1.25 bits per heavy atom. The number of hydrogen-bond acceptors (Lipinski definition) is 2. The average Bonchev–Trinajstić information content (AvgIpc) is 1.64. The molecule has 0 rings (SSSR count). The molecule has 0 radical (unpaired) electrons. The lowest BCUT2D eigenvalue weighted by atomic mass is 11.3. The van der Waals surface area contributed by atoms with Crippen LogP contribution in [-0.2, 0) is 0 Å². The lowest BCUT2D eigenvalue weighted by Crippen LogP contribution is -2.11. The Bertz CT molecular complexity index is 78.4. The van der Waals surface area contributed by atoms with Crippen molar-refractivity contribution in [3.63, 3.8) is 0 Å². The zero-order chi connectivity index (χ0) is 6.73. The van der Waals surface area contributed by atoms with Gasteiger partial charge < -0.3 is 0 Å². The van der Waals surface area contributed by atoms with Crippen LogP contribution in [0.4, 0.5) is 0 Å². The predicted molar refractivity (Wildman–Crippen MR) is 41.4 cm³/mol. The standard InChI is InChI=1S/C5H14N2P/c1-6(2)8(5)7(3)4/h5H2,1-4H3/q+1. The quantitative estimate of drug-likeness (QED) is 0.515. The Balaban J connectivity index is 3.65. The summed E-state index contributed by atoms with van der Waals surface area (Å²) in [6, 6.07) is 0. The first kappa shape index (κ1) is 8.09. The van der Waals surface area contributed by atoms with Gasteiger partial charge in [-0.15, -0.1) is 9.34 Å². The summed E-state index contributed by atoms with van der Waals surface area (Å²) in [6.45, 7) is 0. The minimum atomic E-state index is -0.282. The summed E-state index contributed by atoms with van der Waals surface area (Å²) in [6.07, 6.45) is 3.95. The molecule has 0 aliphatic carbocycles. The number of nitrogens with zero attached hydrogens (tertiary/aromatic N) is 2. The highest BCUT2D eigenvalue weighted by Crippen LogP contribution is 2.23. The molecule has 2 nitrogen and oxygen atoms in total. The largest absolute Gasteiger partial charge is 0.272 e. The maximum absolute atomic E-state index is 3.95. The van der Waals surface area contributed by atoms with Gasteiger partial charge >= 0.3 is 0 Å². The summed E-state index contributed by atoms with van der Waals surface area (Å²) in [4.78, 5) is 0. The predicted octanol–water partition coefficient (Wildman–Crippen LogP) is 0.854. The van der Waals surface area contributed by atoms with Crippen molar-refractivity contribution >= 4 is 14.1 Å². The molecule has 0 bridgehead atoms. The molecule has 0 N–H and O–H groups in total. The third kappa shape index (κ3) is 2.41. The molecule has 0 saturated heterocycles. The number of rotatable bonds is 2. The van der Waals surface area contributed by atoms with E-state index in [9.17, 15) is 0 Å². The molecular formula is C5H14N2P+. The van der Waals surface area contributed by atoms with Gasteiger partial charge in [-0.1, -0.05) is 0 Å². The molecule has 0 aliphatic rings. The van der Waals surface area contributed by atoms with Crippen molar-refractivity contribution < 1.29 is 0 Å². The van der Waals surface area contributed by atoms with Crippen LogP contribution in [0.1, 0.15) is 0 Å². The molecule has 0 unspecified atom stereocenters. The SMILES string of the molecule is C=[P+](N(C)C)N(C)C. The van der Waals surface area contributed by atoms with Gasteiger partial charge in [0.15, 0.2) is 0 Å². The fraction of sp³-hybridized carbons (Fsp3) is 0.800. The molecule has 0 atom stereocenters. The lowest BCUT2D eigenvalue weighted by Gasteiger charge is -2.04. The Kier molecular flexibility index (Phi) is 3.22. The fourth-order valence-electron chi connectivity index (χ4n) is 0.358. The molecule has 0 fully saturated rings. The molecule has 0 spiro atoms. The van der Waals surface area contributed by atoms with Crippen LogP contribution in [0.3, 0.4) is 0 Å². The van der Waals surface area contributed by atoms with Crippen molar-refractivity contribution in [1.82, 2.24) is 9.34 Å². The maximum atomic E-state index is 3.95. The van der Waals surface area contributed by atoms with Crippen LogP contribution in [0.15, 0.2) is 0 Å². The summed E-state index contributed by atoms with van der Waals surface area (Å²) in [5, 5.41) is 0. The lowest BCUT2D eigenvalue weighted by molar-refractivity contribution is 0.592. The van der Waals surface area contributed by atoms with Gasteiger partial charge in [0.1, 0.15) is 6.30 Å². The van der Waals surface area contributed by atoms with Gasteiger partial charge in [-0.3, -0.25) is 0 Å². The first-order valence-electron chi connectivity index (χ1n) is 2.51. The van der Waals surface area contributed by atoms with E-state index in [1.54, 1.807) is 0 Å². The van der Waals surface area contributed by atoms with Gasteiger partial charge in [0.05, 0.1) is 0 Å². The highest BCUT2D eigenvalue weighted by atomic mass is 31.1. The van der Waals surface area contributed by atoms with Gasteiger partial charge in [-0.2, -0.15) is 0 Å². The summed E-state index contributed by atoms with van der Waals surface area (Å²) in [7, 11) is 7.88. The van der Waals surface area contributed by atoms with E-state index in [0.29, 0.717) is 0 Å². The van der Waals surface area contributed by atoms with E-state index in [0.717, 1.165) is 0 Å². The van der Waals surface area contributed by atoms with Gasteiger partial charge in [0, 0.05) is 28.2 Å². The second-order valence-electron chi connectivity index (χ2n) is 2.07. The van der Waals surface area contributed by atoms with E-state index in [1.165, 1.54) is 0 Å². The molecule has 0 aromatic heterocycles. The van der Waals surface area contributed by atoms with E-state index in [-0.39, 0.29) is 7.85 Å². The smallest absolute Gasteiger partial charge is 0.122 e. The highest BCUT2D eigenvalue weighted by molar-refractivity contribution is 7.50. The van der Waals surface area contributed by atoms with Crippen molar-refractivity contribution in [2.45, 2.75) is 0 Å². The van der Waals surface area contributed by atoms with Crippen LogP contribution in [0.25, 0.3) is 0 Å². The Labute approximate surface area is 52.6 Å². The molecule has 0 aromatic carbocycles. The third-order valence-corrected chi connectivity index (χ3v) is 2.77. The summed E-state index contributed by atoms with van der Waals surface area (Å²) >= 11 is 0. The van der Waals surface area contributed by atoms with Crippen LogP contribution in [0.5, 0.6) is 0 Å². The van der Waals surface area contributed by atoms with E-state index < -0.39 is 0 Å². The van der Waals surface area contributed by atoms with Crippen molar-refractivity contribution in [1.29, 1.82) is 0 Å². The Hall–Kier alpha value is 0.0900. The molecular weight excluding hydrogens is 119 g/mol. The van der Waals surface area contributed by atoms with Gasteiger partial charge in [0.2, 0.25) is 0 Å². The van der Waals surface area contributed by atoms with Gasteiger partial charge in [-0.25, -0.2) is 0 Å². The van der Waals surface area contributed by atoms with Crippen LogP contribution < -0.4 is 0 Å². The van der Waals surface area contributed by atoms with Crippen LogP contribution >= 0.6 is 7.85 Å². The summed E-state index contributed by atoms with van der Waals surface area (Å²) in [5.41, 5.74) is 0. The van der Waals surface area contributed by atoms with Crippen molar-refractivity contribution in [3.05, 3.63) is 0 Å². The molecule has 0 aromatic rings. The normalized spacial score (nSPS) is 10.8. The fourth-order valence-corrected chi connectivity index (χ4v) is 1.07. The summed E-state index contributed by atoms with van der Waals surface area (Å²) in [5.74, 6) is 0. The van der Waals surface area contributed by atoms with Crippen molar-refractivity contribution in [2.24, 2.45) is 0 Å². The second kappa shape index (κ2) is 3.18. The van der Waals surface area contributed by atoms with Crippen LogP contribution in [0.2, 0.25) is 0 Å². The zero-order valence-electron chi connectivity index (χ0n) is 6.05. The first-order chi connectivity index (χ1) is 3.55. The van der Waals surface area contributed by atoms with E-state index in [2.05, 4.69) is 15.6 Å². The van der Waals surface area contributed by atoms with Crippen molar-refractivity contribution in [2.75, 3.05) is 28.2 Å². The van der Waals surface area contributed by atoms with Gasteiger partial charge in [0.25, 0.3) is 7.85 Å². The molecule has 0 amide bonds. The Morgan fingerprint density at radius 2 is 1.25 bits per heavy atom. The van der Waals surface area contributed by atoms with Crippen molar-refractivity contribution in [3.8, 4) is 0 Å². The molecule has 3 heteroatoms. The minimum absolute atomic E-state index is 0.282. The Morgan fingerprint density at radius 1 is 1.00 bits per heavy atom. The van der Waals surface area contributed by atoms with E-state index in [1.807, 2.05) is 28.2 Å². The highest BCUT2D eigenvalue weighted by Gasteiger charge is 2.11. The summed E-state index contributed by atoms with van der Waals surface area (Å²) < 4.78 is 4.24. The third-order valence-electron chi connectivity index (χ3n) is 0.923. The molecule has 8 heavy (non-hydrogen) atoms. The average molecular weight is 133 g/mol. The molecule has 48 valence electrons. The van der Waals surface area contributed by atoms with Crippen LogP contribution in [0, 0.1) is 0 Å².